The molecule has 114 valence electrons. The lowest BCUT2D eigenvalue weighted by atomic mass is 10.2. The summed E-state index contributed by atoms with van der Waals surface area (Å²) in [5.41, 5.74) is 0.822. The maximum absolute atomic E-state index is 5.86. The molecule has 2 heterocycles. The van der Waals surface area contributed by atoms with Crippen LogP contribution in [-0.2, 0) is 6.54 Å². The molecule has 3 rings (SSSR count). The Morgan fingerprint density at radius 3 is 2.68 bits per heavy atom. The van der Waals surface area contributed by atoms with Crippen LogP contribution in [0.5, 0.6) is 0 Å². The van der Waals surface area contributed by atoms with Crippen molar-refractivity contribution < 1.29 is 8.94 Å². The minimum absolute atomic E-state index is 0.114. The molecule has 0 fully saturated rings. The van der Waals surface area contributed by atoms with E-state index in [9.17, 15) is 0 Å². The lowest BCUT2D eigenvalue weighted by molar-refractivity contribution is 0.396. The van der Waals surface area contributed by atoms with Gasteiger partial charge in [0.15, 0.2) is 5.82 Å². The monoisotopic (exact) mass is 319 g/mol. The molecule has 22 heavy (non-hydrogen) atoms. The molecule has 0 aliphatic carbocycles. The summed E-state index contributed by atoms with van der Waals surface area (Å²) in [7, 11) is 0. The van der Waals surface area contributed by atoms with Crippen molar-refractivity contribution in [3.05, 3.63) is 46.9 Å². The number of hydrogen-bond donors (Lipinski definition) is 1. The second-order valence-electron chi connectivity index (χ2n) is 4.78. The maximum atomic E-state index is 5.86. The summed E-state index contributed by atoms with van der Waals surface area (Å²) in [4.78, 5) is 4.38. The van der Waals surface area contributed by atoms with Crippen LogP contribution in [0.4, 0.5) is 0 Å². The van der Waals surface area contributed by atoms with Crippen LogP contribution in [0.2, 0.25) is 5.02 Å². The Bertz CT molecular complexity index is 753. The van der Waals surface area contributed by atoms with Gasteiger partial charge in [0.2, 0.25) is 11.8 Å². The fraction of sp³-hybridized carbons (Fsp3) is 0.286. The molecule has 0 bridgehead atoms. The van der Waals surface area contributed by atoms with Crippen LogP contribution in [-0.4, -0.2) is 20.3 Å². The van der Waals surface area contributed by atoms with Gasteiger partial charge in [-0.2, -0.15) is 4.98 Å². The second kappa shape index (κ2) is 6.25. The lowest BCUT2D eigenvalue weighted by Crippen LogP contribution is -2.19. The van der Waals surface area contributed by atoms with Crippen LogP contribution in [0.25, 0.3) is 11.5 Å². The second-order valence-corrected chi connectivity index (χ2v) is 5.22. The van der Waals surface area contributed by atoms with Crippen LogP contribution < -0.4 is 5.32 Å². The van der Waals surface area contributed by atoms with E-state index in [1.165, 1.54) is 0 Å². The number of benzene rings is 1. The Morgan fingerprint density at radius 2 is 2.00 bits per heavy atom. The van der Waals surface area contributed by atoms with Crippen molar-refractivity contribution in [2.75, 3.05) is 0 Å². The summed E-state index contributed by atoms with van der Waals surface area (Å²) in [6.45, 7) is 4.12. The van der Waals surface area contributed by atoms with E-state index in [1.54, 1.807) is 19.1 Å². The molecule has 0 unspecified atom stereocenters. The largest absolute Gasteiger partial charge is 0.424 e. The Kier molecular flexibility index (Phi) is 4.17. The summed E-state index contributed by atoms with van der Waals surface area (Å²) in [5, 5.41) is 15.5. The van der Waals surface area contributed by atoms with Crippen molar-refractivity contribution in [1.82, 2.24) is 25.7 Å². The molecule has 0 amide bonds. The molecule has 0 aliphatic rings. The molecule has 7 nitrogen and oxygen atoms in total. The van der Waals surface area contributed by atoms with Gasteiger partial charge in [0.1, 0.15) is 0 Å². The molecule has 2 aromatic heterocycles. The van der Waals surface area contributed by atoms with Gasteiger partial charge in [0, 0.05) is 17.5 Å². The van der Waals surface area contributed by atoms with Crippen molar-refractivity contribution in [3.63, 3.8) is 0 Å². The first-order valence-electron chi connectivity index (χ1n) is 6.74. The summed E-state index contributed by atoms with van der Waals surface area (Å²) in [6, 6.07) is 7.11. The van der Waals surface area contributed by atoms with E-state index in [-0.39, 0.29) is 6.04 Å². The van der Waals surface area contributed by atoms with Crippen LogP contribution in [0, 0.1) is 6.92 Å². The highest BCUT2D eigenvalue weighted by atomic mass is 35.5. The third-order valence-electron chi connectivity index (χ3n) is 3.05. The topological polar surface area (TPSA) is 89.9 Å². The van der Waals surface area contributed by atoms with Crippen LogP contribution in [0.15, 0.2) is 33.2 Å². The number of rotatable bonds is 5. The van der Waals surface area contributed by atoms with Gasteiger partial charge in [-0.25, -0.2) is 0 Å². The molecule has 0 aliphatic heterocycles. The van der Waals surface area contributed by atoms with Gasteiger partial charge in [-0.15, -0.1) is 10.2 Å². The molecule has 0 radical (unpaired) electrons. The number of aryl methyl sites for hydroxylation is 1. The highest BCUT2D eigenvalue weighted by Crippen LogP contribution is 2.21. The van der Waals surface area contributed by atoms with Gasteiger partial charge in [-0.3, -0.25) is 5.32 Å². The molecular weight excluding hydrogens is 306 g/mol. The average molecular weight is 320 g/mol. The van der Waals surface area contributed by atoms with Gasteiger partial charge < -0.3 is 8.94 Å². The maximum Gasteiger partial charge on any atom is 0.257 e. The van der Waals surface area contributed by atoms with Gasteiger partial charge >= 0.3 is 0 Å². The molecular formula is C14H14ClN5O2. The summed E-state index contributed by atoms with van der Waals surface area (Å²) in [5.74, 6) is 2.06. The quantitative estimate of drug-likeness (QED) is 0.773. The van der Waals surface area contributed by atoms with Gasteiger partial charge in [0.05, 0.1) is 12.6 Å². The third kappa shape index (κ3) is 3.32. The van der Waals surface area contributed by atoms with Gasteiger partial charge in [-0.1, -0.05) is 16.8 Å². The van der Waals surface area contributed by atoms with Crippen molar-refractivity contribution in [2.45, 2.75) is 26.4 Å². The Balaban J connectivity index is 1.66. The molecule has 8 heteroatoms. The summed E-state index contributed by atoms with van der Waals surface area (Å²) < 4.78 is 10.6. The van der Waals surface area contributed by atoms with E-state index in [1.807, 2.05) is 19.1 Å². The number of nitrogens with zero attached hydrogens (tertiary/aromatic N) is 4. The van der Waals surface area contributed by atoms with Crippen LogP contribution >= 0.6 is 11.6 Å². The fourth-order valence-corrected chi connectivity index (χ4v) is 1.99. The number of halogens is 1. The highest BCUT2D eigenvalue weighted by molar-refractivity contribution is 6.30. The first kappa shape index (κ1) is 14.7. The molecule has 0 spiro atoms. The van der Waals surface area contributed by atoms with Gasteiger partial charge in [0.25, 0.3) is 5.89 Å². The SMILES string of the molecule is Cc1nnc(CN[C@@H](C)c2noc(-c3ccc(Cl)cc3)n2)o1. The lowest BCUT2D eigenvalue weighted by Gasteiger charge is -2.06. The molecule has 1 atom stereocenters. The minimum Gasteiger partial charge on any atom is -0.424 e. The molecule has 3 aromatic rings. The molecule has 1 aromatic carbocycles. The average Bonchev–Trinajstić information content (AvgIpc) is 3.15. The van der Waals surface area contributed by atoms with Crippen molar-refractivity contribution >= 4 is 11.6 Å². The van der Waals surface area contributed by atoms with E-state index in [2.05, 4.69) is 25.7 Å². The van der Waals surface area contributed by atoms with Crippen molar-refractivity contribution in [2.24, 2.45) is 0 Å². The van der Waals surface area contributed by atoms with E-state index < -0.39 is 0 Å². The van der Waals surface area contributed by atoms with Crippen molar-refractivity contribution in [1.29, 1.82) is 0 Å². The first-order chi connectivity index (χ1) is 10.6. The third-order valence-corrected chi connectivity index (χ3v) is 3.30. The fourth-order valence-electron chi connectivity index (χ4n) is 1.86. The Morgan fingerprint density at radius 1 is 1.23 bits per heavy atom. The van der Waals surface area contributed by atoms with Gasteiger partial charge in [-0.05, 0) is 31.2 Å². The number of aromatic nitrogens is 4. The summed E-state index contributed by atoms with van der Waals surface area (Å²) in [6.07, 6.45) is 0. The molecule has 0 saturated carbocycles. The van der Waals surface area contributed by atoms with Crippen LogP contribution in [0.1, 0.15) is 30.6 Å². The minimum atomic E-state index is -0.114. The Labute approximate surface area is 131 Å². The zero-order chi connectivity index (χ0) is 15.5. The predicted molar refractivity (Wildman–Crippen MR) is 79.0 cm³/mol. The van der Waals surface area contributed by atoms with E-state index in [0.29, 0.717) is 35.1 Å². The zero-order valence-corrected chi connectivity index (χ0v) is 12.8. The summed E-state index contributed by atoms with van der Waals surface area (Å²) >= 11 is 5.86. The number of hydrogen-bond acceptors (Lipinski definition) is 7. The zero-order valence-electron chi connectivity index (χ0n) is 12.1. The normalized spacial score (nSPS) is 12.5. The predicted octanol–water partition coefficient (Wildman–Crippen LogP) is 2.93. The van der Waals surface area contributed by atoms with E-state index in [4.69, 9.17) is 20.5 Å². The van der Waals surface area contributed by atoms with E-state index >= 15 is 0 Å². The number of nitrogens with one attached hydrogen (secondary N) is 1. The smallest absolute Gasteiger partial charge is 0.257 e. The van der Waals surface area contributed by atoms with Crippen LogP contribution in [0.3, 0.4) is 0 Å². The standard InChI is InChI=1S/C14H14ClN5O2/c1-8(16-7-12-19-18-9(2)21-12)13-17-14(22-20-13)10-3-5-11(15)6-4-10/h3-6,8,16H,7H2,1-2H3/t8-/m0/s1. The van der Waals surface area contributed by atoms with E-state index in [0.717, 1.165) is 5.56 Å². The first-order valence-corrected chi connectivity index (χ1v) is 7.11. The van der Waals surface area contributed by atoms with Crippen molar-refractivity contribution in [3.8, 4) is 11.5 Å². The molecule has 1 N–H and O–H groups in total. The molecule has 0 saturated heterocycles. The Hall–Kier alpha value is -2.25. The highest BCUT2D eigenvalue weighted by Gasteiger charge is 2.15.